The Morgan fingerprint density at radius 3 is 2.55 bits per heavy atom. The van der Waals surface area contributed by atoms with Gasteiger partial charge in [-0.15, -0.1) is 0 Å². The zero-order chi connectivity index (χ0) is 8.27. The van der Waals surface area contributed by atoms with Crippen molar-refractivity contribution in [3.63, 3.8) is 0 Å². The van der Waals surface area contributed by atoms with Crippen LogP contribution in [-0.2, 0) is 4.79 Å². The first kappa shape index (κ1) is 8.53. The van der Waals surface area contributed by atoms with E-state index in [4.69, 9.17) is 5.11 Å². The molecule has 0 aromatic rings. The molecule has 3 nitrogen and oxygen atoms in total. The Labute approximate surface area is 67.0 Å². The molecule has 0 spiro atoms. The molecular weight excluding hydrogens is 142 g/mol. The number of aliphatic hydroxyl groups is 1. The quantitative estimate of drug-likeness (QED) is 0.629. The van der Waals surface area contributed by atoms with E-state index in [9.17, 15) is 4.79 Å². The summed E-state index contributed by atoms with van der Waals surface area (Å²) in [7, 11) is 1.77. The van der Waals surface area contributed by atoms with Crippen molar-refractivity contribution in [3.05, 3.63) is 0 Å². The van der Waals surface area contributed by atoms with Gasteiger partial charge in [-0.1, -0.05) is 12.8 Å². The Hall–Kier alpha value is -0.570. The van der Waals surface area contributed by atoms with Crippen molar-refractivity contribution < 1.29 is 9.90 Å². The fourth-order valence-corrected chi connectivity index (χ4v) is 1.61. The molecule has 1 fully saturated rings. The summed E-state index contributed by atoms with van der Waals surface area (Å²) in [5.74, 6) is -0.156. The van der Waals surface area contributed by atoms with Crippen LogP contribution in [0.3, 0.4) is 0 Å². The molecule has 11 heavy (non-hydrogen) atoms. The summed E-state index contributed by atoms with van der Waals surface area (Å²) in [5.41, 5.74) is 0. The van der Waals surface area contributed by atoms with E-state index in [2.05, 4.69) is 0 Å². The molecule has 0 atom stereocenters. The van der Waals surface area contributed by atoms with Crippen LogP contribution >= 0.6 is 0 Å². The smallest absolute Gasteiger partial charge is 0.248 e. The van der Waals surface area contributed by atoms with Gasteiger partial charge in [0.1, 0.15) is 6.61 Å². The molecule has 0 aromatic heterocycles. The normalized spacial score (nSPS) is 18.7. The van der Waals surface area contributed by atoms with Crippen molar-refractivity contribution in [2.75, 3.05) is 13.7 Å². The number of rotatable bonds is 2. The van der Waals surface area contributed by atoms with Gasteiger partial charge < -0.3 is 10.0 Å². The van der Waals surface area contributed by atoms with E-state index in [1.807, 2.05) is 0 Å². The van der Waals surface area contributed by atoms with E-state index >= 15 is 0 Å². The monoisotopic (exact) mass is 157 g/mol. The predicted octanol–water partition coefficient (Wildman–Crippen LogP) is 0.380. The lowest BCUT2D eigenvalue weighted by atomic mass is 10.2. The van der Waals surface area contributed by atoms with Gasteiger partial charge in [-0.3, -0.25) is 4.79 Å². The molecule has 1 aliphatic carbocycles. The van der Waals surface area contributed by atoms with Crippen LogP contribution in [0, 0.1) is 0 Å². The van der Waals surface area contributed by atoms with Crippen molar-refractivity contribution in [1.29, 1.82) is 0 Å². The molecule has 0 unspecified atom stereocenters. The molecule has 0 bridgehead atoms. The van der Waals surface area contributed by atoms with Gasteiger partial charge in [0.15, 0.2) is 0 Å². The summed E-state index contributed by atoms with van der Waals surface area (Å²) in [4.78, 5) is 12.6. The summed E-state index contributed by atoms with van der Waals surface area (Å²) < 4.78 is 0. The zero-order valence-electron chi connectivity index (χ0n) is 6.92. The van der Waals surface area contributed by atoms with Gasteiger partial charge in [0.25, 0.3) is 0 Å². The van der Waals surface area contributed by atoms with Crippen LogP contribution in [0.5, 0.6) is 0 Å². The summed E-state index contributed by atoms with van der Waals surface area (Å²) in [5, 5.41) is 8.57. The van der Waals surface area contributed by atoms with Crippen LogP contribution in [-0.4, -0.2) is 35.6 Å². The van der Waals surface area contributed by atoms with Crippen LogP contribution in [0.2, 0.25) is 0 Å². The number of carbonyl (C=O) groups excluding carboxylic acids is 1. The van der Waals surface area contributed by atoms with Crippen molar-refractivity contribution in [2.45, 2.75) is 31.7 Å². The van der Waals surface area contributed by atoms with E-state index in [1.165, 1.54) is 12.8 Å². The van der Waals surface area contributed by atoms with Crippen LogP contribution < -0.4 is 0 Å². The van der Waals surface area contributed by atoms with Crippen molar-refractivity contribution >= 4 is 5.91 Å². The first-order valence-corrected chi connectivity index (χ1v) is 4.12. The molecule has 1 N–H and O–H groups in total. The lowest BCUT2D eigenvalue weighted by Crippen LogP contribution is -2.36. The van der Waals surface area contributed by atoms with Gasteiger partial charge in [-0.05, 0) is 12.8 Å². The largest absolute Gasteiger partial charge is 0.387 e. The number of hydrogen-bond donors (Lipinski definition) is 1. The fourth-order valence-electron chi connectivity index (χ4n) is 1.61. The summed E-state index contributed by atoms with van der Waals surface area (Å²) in [6.45, 7) is -0.354. The number of amides is 1. The molecular formula is C8H15NO2. The average Bonchev–Trinajstić information content (AvgIpc) is 2.53. The van der Waals surface area contributed by atoms with Crippen molar-refractivity contribution in [2.24, 2.45) is 0 Å². The highest BCUT2D eigenvalue weighted by Crippen LogP contribution is 2.22. The second-order valence-corrected chi connectivity index (χ2v) is 3.10. The minimum atomic E-state index is -0.354. The molecule has 0 aromatic carbocycles. The molecule has 64 valence electrons. The van der Waals surface area contributed by atoms with Crippen LogP contribution in [0.1, 0.15) is 25.7 Å². The highest BCUT2D eigenvalue weighted by atomic mass is 16.3. The molecule has 1 rings (SSSR count). The van der Waals surface area contributed by atoms with Gasteiger partial charge >= 0.3 is 0 Å². The molecule has 0 heterocycles. The Morgan fingerprint density at radius 1 is 1.55 bits per heavy atom. The number of aliphatic hydroxyl groups excluding tert-OH is 1. The average molecular weight is 157 g/mol. The topological polar surface area (TPSA) is 40.5 Å². The fraction of sp³-hybridized carbons (Fsp3) is 0.875. The second-order valence-electron chi connectivity index (χ2n) is 3.10. The lowest BCUT2D eigenvalue weighted by Gasteiger charge is -2.23. The standard InChI is InChI=1S/C8H15NO2/c1-9(8(11)6-10)7-4-2-3-5-7/h7,10H,2-6H2,1H3. The minimum absolute atomic E-state index is 0.156. The highest BCUT2D eigenvalue weighted by Gasteiger charge is 2.22. The third-order valence-electron chi connectivity index (χ3n) is 2.40. The lowest BCUT2D eigenvalue weighted by molar-refractivity contribution is -0.134. The third-order valence-corrected chi connectivity index (χ3v) is 2.40. The van der Waals surface area contributed by atoms with E-state index in [0.717, 1.165) is 12.8 Å². The molecule has 0 saturated heterocycles. The van der Waals surface area contributed by atoms with Gasteiger partial charge in [0, 0.05) is 13.1 Å². The molecule has 1 saturated carbocycles. The zero-order valence-corrected chi connectivity index (χ0v) is 6.92. The van der Waals surface area contributed by atoms with Gasteiger partial charge in [-0.2, -0.15) is 0 Å². The highest BCUT2D eigenvalue weighted by molar-refractivity contribution is 5.77. The Morgan fingerprint density at radius 2 is 2.09 bits per heavy atom. The maximum absolute atomic E-state index is 11.0. The second kappa shape index (κ2) is 3.72. The molecule has 0 aliphatic heterocycles. The molecule has 1 amide bonds. The Balaban J connectivity index is 2.39. The van der Waals surface area contributed by atoms with Gasteiger partial charge in [-0.25, -0.2) is 0 Å². The SMILES string of the molecule is CN(C(=O)CO)C1CCCC1. The maximum Gasteiger partial charge on any atom is 0.248 e. The van der Waals surface area contributed by atoms with Crippen LogP contribution in [0.4, 0.5) is 0 Å². The number of carbonyl (C=O) groups is 1. The number of hydrogen-bond acceptors (Lipinski definition) is 2. The first-order valence-electron chi connectivity index (χ1n) is 4.12. The van der Waals surface area contributed by atoms with Gasteiger partial charge in [0.2, 0.25) is 5.91 Å². The predicted molar refractivity (Wildman–Crippen MR) is 42.1 cm³/mol. The Bertz CT molecular complexity index is 141. The van der Waals surface area contributed by atoms with E-state index < -0.39 is 0 Å². The molecule has 3 heteroatoms. The minimum Gasteiger partial charge on any atom is -0.387 e. The number of likely N-dealkylation sites (N-methyl/N-ethyl adjacent to an activating group) is 1. The van der Waals surface area contributed by atoms with Crippen LogP contribution in [0.15, 0.2) is 0 Å². The Kier molecular flexibility index (Phi) is 2.88. The van der Waals surface area contributed by atoms with Crippen molar-refractivity contribution in [3.8, 4) is 0 Å². The third kappa shape index (κ3) is 1.93. The molecule has 0 radical (unpaired) electrons. The van der Waals surface area contributed by atoms with Crippen molar-refractivity contribution in [1.82, 2.24) is 4.90 Å². The van der Waals surface area contributed by atoms with E-state index in [1.54, 1.807) is 11.9 Å². The summed E-state index contributed by atoms with van der Waals surface area (Å²) in [6, 6.07) is 0.384. The molecule has 1 aliphatic rings. The summed E-state index contributed by atoms with van der Waals surface area (Å²) in [6.07, 6.45) is 4.63. The van der Waals surface area contributed by atoms with Gasteiger partial charge in [0.05, 0.1) is 0 Å². The first-order chi connectivity index (χ1) is 5.25. The van der Waals surface area contributed by atoms with E-state index in [0.29, 0.717) is 6.04 Å². The maximum atomic E-state index is 11.0. The van der Waals surface area contributed by atoms with E-state index in [-0.39, 0.29) is 12.5 Å². The summed E-state index contributed by atoms with van der Waals surface area (Å²) >= 11 is 0. The van der Waals surface area contributed by atoms with Crippen LogP contribution in [0.25, 0.3) is 0 Å². The number of nitrogens with zero attached hydrogens (tertiary/aromatic N) is 1.